The van der Waals surface area contributed by atoms with E-state index >= 15 is 0 Å². The molecule has 2 saturated heterocycles. The highest BCUT2D eigenvalue weighted by molar-refractivity contribution is 7.71. The van der Waals surface area contributed by atoms with Gasteiger partial charge < -0.3 is 9.47 Å². The van der Waals surface area contributed by atoms with Crippen LogP contribution in [0.2, 0.25) is 0 Å². The molecular weight excluding hydrogens is 408 g/mol. The summed E-state index contributed by atoms with van der Waals surface area (Å²) in [6.07, 6.45) is 4.22. The fourth-order valence-corrected chi connectivity index (χ4v) is 5.08. The number of likely N-dealkylation sites (tertiary alicyclic amines) is 1. The number of thiophene rings is 1. The number of esters is 1. The first kappa shape index (κ1) is 20.7. The summed E-state index contributed by atoms with van der Waals surface area (Å²) in [7, 11) is 0. The number of ether oxygens (including phenoxy) is 2. The quantitative estimate of drug-likeness (QED) is 0.489. The Bertz CT molecular complexity index is 871. The molecule has 2 aliphatic heterocycles. The molecule has 158 valence electrons. The van der Waals surface area contributed by atoms with E-state index in [9.17, 15) is 4.79 Å². The van der Waals surface area contributed by atoms with Crippen molar-refractivity contribution in [2.24, 2.45) is 5.92 Å². The minimum Gasteiger partial charge on any atom is -0.466 e. The second-order valence-electron chi connectivity index (χ2n) is 7.64. The average molecular weight is 437 g/mol. The summed E-state index contributed by atoms with van der Waals surface area (Å²) in [5.74, 6) is 0.743. The Morgan fingerprint density at radius 2 is 2.31 bits per heavy atom. The zero-order valence-electron chi connectivity index (χ0n) is 16.8. The summed E-state index contributed by atoms with van der Waals surface area (Å²) in [6.45, 7) is 6.05. The third-order valence-electron chi connectivity index (χ3n) is 5.53. The molecule has 2 atom stereocenters. The van der Waals surface area contributed by atoms with E-state index in [-0.39, 0.29) is 18.0 Å². The zero-order valence-corrected chi connectivity index (χ0v) is 18.4. The van der Waals surface area contributed by atoms with Crippen molar-refractivity contribution >= 4 is 29.5 Å². The van der Waals surface area contributed by atoms with Gasteiger partial charge in [-0.25, -0.2) is 4.68 Å². The van der Waals surface area contributed by atoms with E-state index in [1.807, 2.05) is 17.7 Å². The zero-order chi connectivity index (χ0) is 20.2. The van der Waals surface area contributed by atoms with Gasteiger partial charge in [0.05, 0.1) is 36.7 Å². The second-order valence-corrected chi connectivity index (χ2v) is 8.95. The Labute approximate surface area is 180 Å². The van der Waals surface area contributed by atoms with Gasteiger partial charge in [0.1, 0.15) is 0 Å². The van der Waals surface area contributed by atoms with Crippen LogP contribution in [0.15, 0.2) is 17.5 Å². The molecule has 0 bridgehead atoms. The van der Waals surface area contributed by atoms with Crippen LogP contribution in [0.3, 0.4) is 0 Å². The van der Waals surface area contributed by atoms with Crippen LogP contribution in [0, 0.1) is 10.7 Å². The first-order valence-corrected chi connectivity index (χ1v) is 11.7. The van der Waals surface area contributed by atoms with Crippen molar-refractivity contribution in [1.82, 2.24) is 19.2 Å². The maximum Gasteiger partial charge on any atom is 0.310 e. The van der Waals surface area contributed by atoms with Gasteiger partial charge in [-0.05, 0) is 62.8 Å². The van der Waals surface area contributed by atoms with Gasteiger partial charge in [-0.3, -0.25) is 14.3 Å². The Kier molecular flexibility index (Phi) is 6.79. The highest BCUT2D eigenvalue weighted by atomic mass is 32.1. The highest BCUT2D eigenvalue weighted by Gasteiger charge is 2.28. The molecule has 0 saturated carbocycles. The van der Waals surface area contributed by atoms with Gasteiger partial charge in [0.25, 0.3) is 0 Å². The molecule has 7 nitrogen and oxygen atoms in total. The average Bonchev–Trinajstić information content (AvgIpc) is 3.47. The predicted octanol–water partition coefficient (Wildman–Crippen LogP) is 3.55. The summed E-state index contributed by atoms with van der Waals surface area (Å²) >= 11 is 7.47. The van der Waals surface area contributed by atoms with Crippen molar-refractivity contribution in [2.45, 2.75) is 51.9 Å². The molecule has 9 heteroatoms. The second kappa shape index (κ2) is 9.51. The lowest BCUT2D eigenvalue weighted by molar-refractivity contribution is -0.150. The van der Waals surface area contributed by atoms with Gasteiger partial charge in [-0.1, -0.05) is 6.07 Å². The van der Waals surface area contributed by atoms with E-state index in [0.717, 1.165) is 56.1 Å². The van der Waals surface area contributed by atoms with Crippen LogP contribution in [0.1, 0.15) is 32.6 Å². The van der Waals surface area contributed by atoms with Crippen LogP contribution in [-0.4, -0.2) is 57.6 Å². The minimum absolute atomic E-state index is 0.0661. The molecule has 0 spiro atoms. The summed E-state index contributed by atoms with van der Waals surface area (Å²) < 4.78 is 15.8. The van der Waals surface area contributed by atoms with Crippen molar-refractivity contribution in [3.8, 4) is 10.7 Å². The lowest BCUT2D eigenvalue weighted by Crippen LogP contribution is -2.40. The first-order valence-electron chi connectivity index (χ1n) is 10.4. The van der Waals surface area contributed by atoms with Crippen molar-refractivity contribution in [3.05, 3.63) is 22.3 Å². The molecule has 0 amide bonds. The van der Waals surface area contributed by atoms with Crippen LogP contribution < -0.4 is 0 Å². The third-order valence-corrected chi connectivity index (χ3v) is 6.83. The molecule has 29 heavy (non-hydrogen) atoms. The van der Waals surface area contributed by atoms with E-state index in [2.05, 4.69) is 20.9 Å². The molecule has 0 aromatic carbocycles. The molecule has 0 unspecified atom stereocenters. The molecule has 2 aromatic heterocycles. The molecule has 4 heterocycles. The predicted molar refractivity (Wildman–Crippen MR) is 114 cm³/mol. The Morgan fingerprint density at radius 1 is 1.41 bits per heavy atom. The standard InChI is InChI=1S/C20H28N4O3S2/c1-2-26-19(25)15-6-3-9-22(12-15)14-24-20(28)23(13-16-7-4-10-27-16)18(21-24)17-8-5-11-29-17/h5,8,11,15-16H,2-4,6-7,9-10,12-14H2,1H3/t15-,16-/m0/s1. The summed E-state index contributed by atoms with van der Waals surface area (Å²) in [6, 6.07) is 4.11. The summed E-state index contributed by atoms with van der Waals surface area (Å²) in [4.78, 5) is 15.5. The van der Waals surface area contributed by atoms with Gasteiger partial charge in [0.15, 0.2) is 10.6 Å². The molecule has 0 aliphatic carbocycles. The number of hydrogen-bond acceptors (Lipinski definition) is 7. The van der Waals surface area contributed by atoms with Gasteiger partial charge in [-0.15, -0.1) is 16.4 Å². The molecule has 2 aromatic rings. The number of carbonyl (C=O) groups excluding carboxylic acids is 1. The minimum atomic E-state index is -0.0935. The van der Waals surface area contributed by atoms with E-state index in [0.29, 0.717) is 24.6 Å². The third kappa shape index (κ3) is 4.79. The van der Waals surface area contributed by atoms with Gasteiger partial charge >= 0.3 is 5.97 Å². The largest absolute Gasteiger partial charge is 0.466 e. The van der Waals surface area contributed by atoms with Crippen LogP contribution >= 0.6 is 23.6 Å². The van der Waals surface area contributed by atoms with E-state index in [1.165, 1.54) is 0 Å². The number of aromatic nitrogens is 3. The fraction of sp³-hybridized carbons (Fsp3) is 0.650. The normalized spacial score (nSPS) is 22.8. The number of carbonyl (C=O) groups is 1. The molecule has 0 radical (unpaired) electrons. The topological polar surface area (TPSA) is 61.5 Å². The molecular formula is C20H28N4O3S2. The maximum atomic E-state index is 12.2. The number of hydrogen-bond donors (Lipinski definition) is 0. The van der Waals surface area contributed by atoms with Gasteiger partial charge in [0, 0.05) is 13.2 Å². The summed E-state index contributed by atoms with van der Waals surface area (Å²) in [5.41, 5.74) is 0. The van der Waals surface area contributed by atoms with E-state index < -0.39 is 0 Å². The first-order chi connectivity index (χ1) is 14.2. The number of nitrogens with zero attached hydrogens (tertiary/aromatic N) is 4. The molecule has 0 N–H and O–H groups in total. The number of rotatable bonds is 7. The SMILES string of the molecule is CCOC(=O)[C@H]1CCCN(Cn2nc(-c3cccs3)n(C[C@@H]3CCCO3)c2=S)C1. The van der Waals surface area contributed by atoms with Crippen molar-refractivity contribution < 1.29 is 14.3 Å². The highest BCUT2D eigenvalue weighted by Crippen LogP contribution is 2.26. The molecule has 4 rings (SSSR count). The van der Waals surface area contributed by atoms with E-state index in [1.54, 1.807) is 11.3 Å². The fourth-order valence-electron chi connectivity index (χ4n) is 4.10. The molecule has 2 aliphatic rings. The monoisotopic (exact) mass is 436 g/mol. The van der Waals surface area contributed by atoms with E-state index in [4.69, 9.17) is 26.8 Å². The lowest BCUT2D eigenvalue weighted by Gasteiger charge is -2.31. The van der Waals surface area contributed by atoms with Crippen molar-refractivity contribution in [2.75, 3.05) is 26.3 Å². The Hall–Kier alpha value is -1.55. The van der Waals surface area contributed by atoms with Crippen LogP contribution in [0.4, 0.5) is 0 Å². The van der Waals surface area contributed by atoms with Gasteiger partial charge in [-0.2, -0.15) is 0 Å². The lowest BCUT2D eigenvalue weighted by atomic mass is 9.99. The van der Waals surface area contributed by atoms with Crippen LogP contribution in [0.25, 0.3) is 10.7 Å². The van der Waals surface area contributed by atoms with Crippen molar-refractivity contribution in [3.63, 3.8) is 0 Å². The van der Waals surface area contributed by atoms with Gasteiger partial charge in [0.2, 0.25) is 0 Å². The van der Waals surface area contributed by atoms with Crippen LogP contribution in [-0.2, 0) is 27.5 Å². The Morgan fingerprint density at radius 3 is 3.03 bits per heavy atom. The number of piperidine rings is 1. The van der Waals surface area contributed by atoms with Crippen LogP contribution in [0.5, 0.6) is 0 Å². The Balaban J connectivity index is 1.54. The summed E-state index contributed by atoms with van der Waals surface area (Å²) in [5, 5.41) is 6.92. The smallest absolute Gasteiger partial charge is 0.310 e. The molecule has 2 fully saturated rings. The maximum absolute atomic E-state index is 12.2. The van der Waals surface area contributed by atoms with Crippen molar-refractivity contribution in [1.29, 1.82) is 0 Å².